The van der Waals surface area contributed by atoms with Crippen molar-refractivity contribution in [2.75, 3.05) is 44.7 Å². The van der Waals surface area contributed by atoms with Crippen LogP contribution in [0.5, 0.6) is 0 Å². The molecule has 7 heteroatoms. The Morgan fingerprint density at radius 2 is 1.77 bits per heavy atom. The van der Waals surface area contributed by atoms with Gasteiger partial charge in [-0.15, -0.1) is 0 Å². The Labute approximate surface area is 185 Å². The molecule has 1 aromatic carbocycles. The van der Waals surface area contributed by atoms with Crippen molar-refractivity contribution in [1.82, 2.24) is 19.8 Å². The fraction of sp³-hybridized carbons (Fsp3) is 0.542. The quantitative estimate of drug-likeness (QED) is 0.771. The lowest BCUT2D eigenvalue weighted by Gasteiger charge is -2.40. The number of nitrogens with two attached hydrogens (primary N) is 1. The maximum atomic E-state index is 11.7. The van der Waals surface area contributed by atoms with E-state index in [2.05, 4.69) is 31.9 Å². The number of likely N-dealkylation sites (N-methyl/N-ethyl adjacent to an activating group) is 1. The molecule has 1 aliphatic heterocycles. The van der Waals surface area contributed by atoms with Crippen molar-refractivity contribution in [3.05, 3.63) is 42.2 Å². The molecule has 0 radical (unpaired) electrons. The van der Waals surface area contributed by atoms with Crippen LogP contribution in [0.4, 0.5) is 5.95 Å². The zero-order valence-corrected chi connectivity index (χ0v) is 18.5. The first kappa shape index (κ1) is 21.7. The van der Waals surface area contributed by atoms with Gasteiger partial charge in [0.25, 0.3) is 0 Å². The summed E-state index contributed by atoms with van der Waals surface area (Å²) in [5.41, 5.74) is 8.55. The number of carbonyl (C=O) groups excluding carboxylic acids is 1. The largest absolute Gasteiger partial charge is 0.340 e. The molecule has 0 bridgehead atoms. The first-order valence-electron chi connectivity index (χ1n) is 11.5. The molecule has 0 spiro atoms. The smallest absolute Gasteiger partial charge is 0.236 e. The summed E-state index contributed by atoms with van der Waals surface area (Å²) in [5, 5.41) is 0. The zero-order chi connectivity index (χ0) is 21.6. The van der Waals surface area contributed by atoms with E-state index < -0.39 is 0 Å². The highest BCUT2D eigenvalue weighted by Crippen LogP contribution is 2.25. The number of nitrogens with zero attached hydrogens (tertiary/aromatic N) is 5. The summed E-state index contributed by atoms with van der Waals surface area (Å²) < 4.78 is 0. The Morgan fingerprint density at radius 3 is 2.45 bits per heavy atom. The molecule has 2 N–H and O–H groups in total. The summed E-state index contributed by atoms with van der Waals surface area (Å²) in [4.78, 5) is 27.7. The predicted molar refractivity (Wildman–Crippen MR) is 124 cm³/mol. The molecule has 1 aromatic heterocycles. The van der Waals surface area contributed by atoms with Crippen LogP contribution in [0.25, 0.3) is 11.1 Å². The van der Waals surface area contributed by atoms with Crippen LogP contribution >= 0.6 is 0 Å². The number of hydrogen-bond acceptors (Lipinski definition) is 6. The summed E-state index contributed by atoms with van der Waals surface area (Å²) in [6, 6.07) is 8.94. The van der Waals surface area contributed by atoms with Gasteiger partial charge >= 0.3 is 0 Å². The number of benzene rings is 1. The lowest BCUT2D eigenvalue weighted by atomic mass is 9.94. The molecule has 1 saturated heterocycles. The van der Waals surface area contributed by atoms with E-state index in [1.165, 1.54) is 32.1 Å². The summed E-state index contributed by atoms with van der Waals surface area (Å²) >= 11 is 0. The van der Waals surface area contributed by atoms with Gasteiger partial charge in [-0.1, -0.05) is 37.5 Å². The molecule has 2 aromatic rings. The van der Waals surface area contributed by atoms with Crippen LogP contribution in [-0.2, 0) is 11.3 Å². The first-order chi connectivity index (χ1) is 15.1. The topological polar surface area (TPSA) is 78.6 Å². The third-order valence-electron chi connectivity index (χ3n) is 6.61. The Morgan fingerprint density at radius 1 is 1.06 bits per heavy atom. The van der Waals surface area contributed by atoms with Gasteiger partial charge in [-0.25, -0.2) is 9.97 Å². The van der Waals surface area contributed by atoms with Crippen LogP contribution in [0.3, 0.4) is 0 Å². The molecule has 31 heavy (non-hydrogen) atoms. The Bertz CT molecular complexity index is 857. The van der Waals surface area contributed by atoms with Gasteiger partial charge < -0.3 is 15.5 Å². The van der Waals surface area contributed by atoms with Gasteiger partial charge in [-0.2, -0.15) is 0 Å². The van der Waals surface area contributed by atoms with Crippen LogP contribution in [0.2, 0.25) is 0 Å². The normalized spacial score (nSPS) is 18.2. The molecule has 2 aliphatic rings. The molecular weight excluding hydrogens is 388 g/mol. The molecule has 2 fully saturated rings. The minimum Gasteiger partial charge on any atom is -0.340 e. The molecule has 1 aliphatic carbocycles. The average Bonchev–Trinajstić information content (AvgIpc) is 2.84. The minimum atomic E-state index is -0.0679. The van der Waals surface area contributed by atoms with E-state index in [9.17, 15) is 4.79 Å². The number of amides is 1. The number of aromatic nitrogens is 2. The number of hydrogen-bond donors (Lipinski definition) is 1. The molecule has 0 atom stereocenters. The summed E-state index contributed by atoms with van der Waals surface area (Å²) in [6.07, 6.45) is 10.7. The van der Waals surface area contributed by atoms with Crippen molar-refractivity contribution in [3.63, 3.8) is 0 Å². The van der Waals surface area contributed by atoms with E-state index in [1.807, 2.05) is 24.5 Å². The molecule has 4 rings (SSSR count). The second kappa shape index (κ2) is 10.2. The molecule has 7 nitrogen and oxygen atoms in total. The van der Waals surface area contributed by atoms with Crippen LogP contribution in [0.15, 0.2) is 36.7 Å². The van der Waals surface area contributed by atoms with Gasteiger partial charge in [0, 0.05) is 63.8 Å². The molecule has 2 heterocycles. The third-order valence-corrected chi connectivity index (χ3v) is 6.61. The Balaban J connectivity index is 1.36. The standard InChI is InChI=1S/C24H34N6O/c1-28(23(31)15-25)18-19-6-5-7-20(14-19)21-16-26-24(27-17-21)30-12-10-29(11-13-30)22-8-3-2-4-9-22/h5-7,14,16-17,22H,2-4,8-13,15,18,25H2,1H3. The van der Waals surface area contributed by atoms with Crippen molar-refractivity contribution in [3.8, 4) is 11.1 Å². The maximum absolute atomic E-state index is 11.7. The van der Waals surface area contributed by atoms with Gasteiger partial charge in [0.15, 0.2) is 0 Å². The second-order valence-electron chi connectivity index (χ2n) is 8.74. The van der Waals surface area contributed by atoms with E-state index in [-0.39, 0.29) is 12.5 Å². The molecule has 166 valence electrons. The molecule has 1 amide bonds. The van der Waals surface area contributed by atoms with E-state index in [1.54, 1.807) is 11.9 Å². The monoisotopic (exact) mass is 422 g/mol. The highest BCUT2D eigenvalue weighted by Gasteiger charge is 2.26. The maximum Gasteiger partial charge on any atom is 0.236 e. The summed E-state index contributed by atoms with van der Waals surface area (Å²) in [7, 11) is 1.77. The number of carbonyl (C=O) groups is 1. The average molecular weight is 423 g/mol. The van der Waals surface area contributed by atoms with Gasteiger partial charge in [-0.3, -0.25) is 9.69 Å². The van der Waals surface area contributed by atoms with Crippen molar-refractivity contribution >= 4 is 11.9 Å². The summed E-state index contributed by atoms with van der Waals surface area (Å²) in [5.74, 6) is 0.748. The number of anilines is 1. The highest BCUT2D eigenvalue weighted by atomic mass is 16.2. The highest BCUT2D eigenvalue weighted by molar-refractivity contribution is 5.77. The number of piperazine rings is 1. The third kappa shape index (κ3) is 5.40. The van der Waals surface area contributed by atoms with Crippen molar-refractivity contribution in [2.24, 2.45) is 5.73 Å². The SMILES string of the molecule is CN(Cc1cccc(-c2cnc(N3CCN(C4CCCCC4)CC3)nc2)c1)C(=O)CN. The van der Waals surface area contributed by atoms with Crippen molar-refractivity contribution in [2.45, 2.75) is 44.7 Å². The van der Waals surface area contributed by atoms with Gasteiger partial charge in [0.05, 0.1) is 6.54 Å². The molecular formula is C24H34N6O. The second-order valence-corrected chi connectivity index (χ2v) is 8.74. The lowest BCUT2D eigenvalue weighted by Crippen LogP contribution is -2.51. The van der Waals surface area contributed by atoms with E-state index in [0.29, 0.717) is 6.54 Å². The van der Waals surface area contributed by atoms with E-state index >= 15 is 0 Å². The fourth-order valence-electron chi connectivity index (χ4n) is 4.73. The van der Waals surface area contributed by atoms with Crippen molar-refractivity contribution < 1.29 is 4.79 Å². The van der Waals surface area contributed by atoms with Crippen LogP contribution in [0, 0.1) is 0 Å². The fourth-order valence-corrected chi connectivity index (χ4v) is 4.73. The first-order valence-corrected chi connectivity index (χ1v) is 11.5. The van der Waals surface area contributed by atoms with Crippen LogP contribution < -0.4 is 10.6 Å². The van der Waals surface area contributed by atoms with Crippen molar-refractivity contribution in [1.29, 1.82) is 0 Å². The van der Waals surface area contributed by atoms with Gasteiger partial charge in [0.1, 0.15) is 0 Å². The predicted octanol–water partition coefficient (Wildman–Crippen LogP) is 2.52. The minimum absolute atomic E-state index is 0.0282. The van der Waals surface area contributed by atoms with Crippen LogP contribution in [-0.4, -0.2) is 71.5 Å². The lowest BCUT2D eigenvalue weighted by molar-refractivity contribution is -0.128. The summed E-state index contributed by atoms with van der Waals surface area (Å²) in [6.45, 7) is 4.76. The van der Waals surface area contributed by atoms with Gasteiger partial charge in [0.2, 0.25) is 11.9 Å². The number of rotatable bonds is 6. The van der Waals surface area contributed by atoms with Crippen LogP contribution in [0.1, 0.15) is 37.7 Å². The zero-order valence-electron chi connectivity index (χ0n) is 18.5. The molecule has 0 unspecified atom stereocenters. The van der Waals surface area contributed by atoms with E-state index in [4.69, 9.17) is 5.73 Å². The molecule has 1 saturated carbocycles. The van der Waals surface area contributed by atoms with Gasteiger partial charge in [-0.05, 0) is 30.0 Å². The Hall–Kier alpha value is -2.51. The van der Waals surface area contributed by atoms with E-state index in [0.717, 1.165) is 54.9 Å². The Kier molecular flexibility index (Phi) is 7.14.